The van der Waals surface area contributed by atoms with Gasteiger partial charge >= 0.3 is 5.97 Å². The van der Waals surface area contributed by atoms with Crippen LogP contribution in [0.15, 0.2) is 0 Å². The Morgan fingerprint density at radius 2 is 1.91 bits per heavy atom. The zero-order chi connectivity index (χ0) is 16.7. The molecule has 1 heterocycles. The molecule has 124 valence electrons. The van der Waals surface area contributed by atoms with E-state index in [4.69, 9.17) is 9.47 Å². The van der Waals surface area contributed by atoms with Gasteiger partial charge in [-0.1, -0.05) is 0 Å². The summed E-state index contributed by atoms with van der Waals surface area (Å²) in [5.74, 6) is -0.403. The first kappa shape index (κ1) is 18.4. The summed E-state index contributed by atoms with van der Waals surface area (Å²) in [5, 5.41) is 3.04. The fourth-order valence-corrected chi connectivity index (χ4v) is 2.63. The van der Waals surface area contributed by atoms with Crippen LogP contribution in [0.2, 0.25) is 0 Å². The quantitative estimate of drug-likeness (QED) is 0.427. The second-order valence-corrected chi connectivity index (χ2v) is 4.99. The molecule has 0 fully saturated rings. The van der Waals surface area contributed by atoms with Crippen LogP contribution in [0.4, 0.5) is 0 Å². The lowest BCUT2D eigenvalue weighted by Gasteiger charge is -2.08. The Labute approximate surface area is 131 Å². The molecule has 0 unspecified atom stereocenters. The van der Waals surface area contributed by atoms with E-state index in [1.165, 1.54) is 0 Å². The van der Waals surface area contributed by atoms with Crippen molar-refractivity contribution in [1.29, 1.82) is 0 Å². The van der Waals surface area contributed by atoms with Crippen molar-refractivity contribution in [2.24, 2.45) is 0 Å². The van der Waals surface area contributed by atoms with E-state index < -0.39 is 0 Å². The molecule has 0 aliphatic carbocycles. The van der Waals surface area contributed by atoms with Crippen LogP contribution >= 0.6 is 0 Å². The summed E-state index contributed by atoms with van der Waals surface area (Å²) in [4.78, 5) is 24.6. The Bertz CT molecular complexity index is 535. The SMILES string of the molecule is CCOC(=O)c1c(C)c(C(=O)CNCCOC)c(C)n1CC. The zero-order valence-corrected chi connectivity index (χ0v) is 14.1. The second-order valence-electron chi connectivity index (χ2n) is 4.99. The van der Waals surface area contributed by atoms with Crippen LogP contribution in [-0.4, -0.2) is 49.7 Å². The monoisotopic (exact) mass is 310 g/mol. The van der Waals surface area contributed by atoms with E-state index in [-0.39, 0.29) is 18.3 Å². The summed E-state index contributed by atoms with van der Waals surface area (Å²) in [7, 11) is 1.62. The van der Waals surface area contributed by atoms with Crippen molar-refractivity contribution in [3.63, 3.8) is 0 Å². The van der Waals surface area contributed by atoms with Crippen LogP contribution in [0.25, 0.3) is 0 Å². The Hall–Kier alpha value is -1.66. The van der Waals surface area contributed by atoms with Gasteiger partial charge in [-0.15, -0.1) is 0 Å². The molecule has 0 bridgehead atoms. The van der Waals surface area contributed by atoms with E-state index in [0.29, 0.717) is 43.1 Å². The number of hydrogen-bond donors (Lipinski definition) is 1. The third kappa shape index (κ3) is 3.96. The van der Waals surface area contributed by atoms with Crippen molar-refractivity contribution in [2.75, 3.05) is 33.4 Å². The minimum atomic E-state index is -0.378. The van der Waals surface area contributed by atoms with Crippen LogP contribution < -0.4 is 5.32 Å². The Kier molecular flexibility index (Phi) is 7.27. The number of ether oxygens (including phenoxy) is 2. The summed E-state index contributed by atoms with van der Waals surface area (Å²) in [6, 6.07) is 0. The molecule has 1 aromatic heterocycles. The summed E-state index contributed by atoms with van der Waals surface area (Å²) >= 11 is 0. The number of Topliss-reactive ketones (excluding diaryl/α,β-unsaturated/α-hetero) is 1. The number of rotatable bonds is 9. The van der Waals surface area contributed by atoms with Crippen molar-refractivity contribution in [3.05, 3.63) is 22.5 Å². The minimum Gasteiger partial charge on any atom is -0.461 e. The molecule has 0 amide bonds. The topological polar surface area (TPSA) is 69.6 Å². The van der Waals surface area contributed by atoms with E-state index in [0.717, 1.165) is 5.69 Å². The molecule has 22 heavy (non-hydrogen) atoms. The first-order valence-electron chi connectivity index (χ1n) is 7.59. The predicted octanol–water partition coefficient (Wildman–Crippen LogP) is 1.72. The lowest BCUT2D eigenvalue weighted by Crippen LogP contribution is -2.27. The van der Waals surface area contributed by atoms with E-state index in [1.807, 2.05) is 18.4 Å². The Morgan fingerprint density at radius 3 is 2.45 bits per heavy atom. The van der Waals surface area contributed by atoms with Gasteiger partial charge in [0.05, 0.1) is 19.8 Å². The number of aromatic nitrogens is 1. The molecule has 0 saturated heterocycles. The molecule has 6 heteroatoms. The maximum absolute atomic E-state index is 12.4. The predicted molar refractivity (Wildman–Crippen MR) is 84.6 cm³/mol. The number of hydrogen-bond acceptors (Lipinski definition) is 5. The van der Waals surface area contributed by atoms with Gasteiger partial charge in [-0.05, 0) is 33.3 Å². The maximum atomic E-state index is 12.4. The van der Waals surface area contributed by atoms with Crippen molar-refractivity contribution < 1.29 is 19.1 Å². The van der Waals surface area contributed by atoms with Gasteiger partial charge in [0.15, 0.2) is 5.78 Å². The maximum Gasteiger partial charge on any atom is 0.355 e. The van der Waals surface area contributed by atoms with Gasteiger partial charge in [-0.2, -0.15) is 0 Å². The number of ketones is 1. The molecular weight excluding hydrogens is 284 g/mol. The number of nitrogens with one attached hydrogen (secondary N) is 1. The largest absolute Gasteiger partial charge is 0.461 e. The third-order valence-electron chi connectivity index (χ3n) is 3.60. The molecular formula is C16H26N2O4. The second kappa shape index (κ2) is 8.70. The van der Waals surface area contributed by atoms with Crippen molar-refractivity contribution in [1.82, 2.24) is 9.88 Å². The zero-order valence-electron chi connectivity index (χ0n) is 14.1. The molecule has 6 nitrogen and oxygen atoms in total. The summed E-state index contributed by atoms with van der Waals surface area (Å²) < 4.78 is 11.9. The molecule has 0 radical (unpaired) electrons. The number of esters is 1. The van der Waals surface area contributed by atoms with Gasteiger partial charge in [-0.25, -0.2) is 4.79 Å². The fourth-order valence-electron chi connectivity index (χ4n) is 2.63. The highest BCUT2D eigenvalue weighted by Crippen LogP contribution is 2.23. The molecule has 0 atom stereocenters. The fraction of sp³-hybridized carbons (Fsp3) is 0.625. The van der Waals surface area contributed by atoms with E-state index in [9.17, 15) is 9.59 Å². The van der Waals surface area contributed by atoms with Crippen molar-refractivity contribution in [3.8, 4) is 0 Å². The van der Waals surface area contributed by atoms with E-state index in [2.05, 4.69) is 5.32 Å². The van der Waals surface area contributed by atoms with Crippen LogP contribution in [0.5, 0.6) is 0 Å². The summed E-state index contributed by atoms with van der Waals surface area (Å²) in [6.45, 7) is 9.69. The molecule has 0 saturated carbocycles. The van der Waals surface area contributed by atoms with Gasteiger partial charge in [0.1, 0.15) is 5.69 Å². The van der Waals surface area contributed by atoms with Gasteiger partial charge in [-0.3, -0.25) is 4.79 Å². The highest BCUT2D eigenvalue weighted by atomic mass is 16.5. The Morgan fingerprint density at radius 1 is 1.23 bits per heavy atom. The number of carbonyl (C=O) groups excluding carboxylic acids is 2. The normalized spacial score (nSPS) is 10.8. The van der Waals surface area contributed by atoms with Crippen LogP contribution in [0.1, 0.15) is 46.0 Å². The number of nitrogens with zero attached hydrogens (tertiary/aromatic N) is 1. The van der Waals surface area contributed by atoms with Gasteiger partial charge in [0.2, 0.25) is 0 Å². The molecule has 0 aliphatic heterocycles. The number of carbonyl (C=O) groups is 2. The average Bonchev–Trinajstić information content (AvgIpc) is 2.74. The van der Waals surface area contributed by atoms with Gasteiger partial charge < -0.3 is 19.4 Å². The summed E-state index contributed by atoms with van der Waals surface area (Å²) in [5.41, 5.74) is 2.58. The smallest absolute Gasteiger partial charge is 0.355 e. The molecule has 0 aromatic carbocycles. The number of methoxy groups -OCH3 is 1. The molecule has 1 N–H and O–H groups in total. The standard InChI is InChI=1S/C16H26N2O4/c1-6-18-12(4)14(13(19)10-17-8-9-21-5)11(3)15(18)16(20)22-7-2/h17H,6-10H2,1-5H3. The first-order chi connectivity index (χ1) is 10.5. The highest BCUT2D eigenvalue weighted by molar-refractivity contribution is 6.03. The minimum absolute atomic E-state index is 0.0242. The molecule has 0 aliphatic rings. The highest BCUT2D eigenvalue weighted by Gasteiger charge is 2.26. The van der Waals surface area contributed by atoms with Crippen molar-refractivity contribution in [2.45, 2.75) is 34.2 Å². The van der Waals surface area contributed by atoms with E-state index >= 15 is 0 Å². The average molecular weight is 310 g/mol. The van der Waals surface area contributed by atoms with Crippen molar-refractivity contribution >= 4 is 11.8 Å². The Balaban J connectivity index is 3.05. The van der Waals surface area contributed by atoms with Gasteiger partial charge in [0.25, 0.3) is 0 Å². The van der Waals surface area contributed by atoms with Crippen LogP contribution in [0, 0.1) is 13.8 Å². The lowest BCUT2D eigenvalue weighted by atomic mass is 10.1. The molecule has 0 spiro atoms. The van der Waals surface area contributed by atoms with Crippen LogP contribution in [-0.2, 0) is 16.0 Å². The molecule has 1 rings (SSSR count). The molecule has 1 aromatic rings. The lowest BCUT2D eigenvalue weighted by molar-refractivity contribution is 0.0512. The first-order valence-corrected chi connectivity index (χ1v) is 7.59. The summed E-state index contributed by atoms with van der Waals surface area (Å²) in [6.07, 6.45) is 0. The third-order valence-corrected chi connectivity index (χ3v) is 3.60. The van der Waals surface area contributed by atoms with Gasteiger partial charge in [0, 0.05) is 31.5 Å². The van der Waals surface area contributed by atoms with E-state index in [1.54, 1.807) is 21.0 Å². The van der Waals surface area contributed by atoms with Crippen LogP contribution in [0.3, 0.4) is 0 Å².